The third kappa shape index (κ3) is 4.97. The second-order valence-electron chi connectivity index (χ2n) is 6.14. The van der Waals surface area contributed by atoms with Crippen LogP contribution in [0.25, 0.3) is 0 Å². The van der Waals surface area contributed by atoms with Crippen molar-refractivity contribution in [2.24, 2.45) is 4.99 Å². The van der Waals surface area contributed by atoms with E-state index in [1.54, 1.807) is 0 Å². The van der Waals surface area contributed by atoms with Crippen LogP contribution in [0.3, 0.4) is 0 Å². The first-order chi connectivity index (χ1) is 12.5. The van der Waals surface area contributed by atoms with Crippen LogP contribution in [0.4, 0.5) is 13.2 Å². The Balaban J connectivity index is 1.52. The third-order valence-electron chi connectivity index (χ3n) is 4.12. The number of nitrogens with one attached hydrogen (secondary N) is 2. The van der Waals surface area contributed by atoms with Crippen molar-refractivity contribution in [2.45, 2.75) is 37.9 Å². The lowest BCUT2D eigenvalue weighted by Crippen LogP contribution is -2.39. The summed E-state index contributed by atoms with van der Waals surface area (Å²) in [6, 6.07) is 10.7. The molecule has 140 valence electrons. The Labute approximate surface area is 154 Å². The van der Waals surface area contributed by atoms with Crippen LogP contribution in [0.15, 0.2) is 40.7 Å². The van der Waals surface area contributed by atoms with E-state index in [-0.39, 0.29) is 0 Å². The van der Waals surface area contributed by atoms with Crippen LogP contribution in [-0.4, -0.2) is 30.1 Å². The zero-order valence-electron chi connectivity index (χ0n) is 14.4. The molecule has 1 aromatic carbocycles. The fourth-order valence-electron chi connectivity index (χ4n) is 2.74. The summed E-state index contributed by atoms with van der Waals surface area (Å²) >= 11 is 1.02. The summed E-state index contributed by atoms with van der Waals surface area (Å²) in [6.07, 6.45) is -2.94. The number of aromatic nitrogens is 1. The van der Waals surface area contributed by atoms with E-state index in [1.165, 1.54) is 5.56 Å². The molecule has 3 rings (SSSR count). The Morgan fingerprint density at radius 3 is 2.73 bits per heavy atom. The van der Waals surface area contributed by atoms with Crippen molar-refractivity contribution in [1.82, 2.24) is 15.6 Å². The van der Waals surface area contributed by atoms with Crippen LogP contribution in [0.2, 0.25) is 0 Å². The quantitative estimate of drug-likeness (QED) is 0.590. The smallest absolute Gasteiger partial charge is 0.357 e. The van der Waals surface area contributed by atoms with Gasteiger partial charge in [-0.25, -0.2) is 4.98 Å². The van der Waals surface area contributed by atoms with Crippen LogP contribution < -0.4 is 10.6 Å². The third-order valence-corrected chi connectivity index (χ3v) is 5.03. The average Bonchev–Trinajstić information content (AvgIpc) is 3.19. The summed E-state index contributed by atoms with van der Waals surface area (Å²) in [5, 5.41) is 8.08. The normalized spacial score (nSPS) is 20.1. The number of benzene rings is 1. The molecule has 0 spiro atoms. The molecular weight excluding hydrogens is 361 g/mol. The number of alkyl halides is 3. The monoisotopic (exact) mass is 382 g/mol. The molecule has 26 heavy (non-hydrogen) atoms. The minimum atomic E-state index is -4.38. The lowest BCUT2D eigenvalue weighted by molar-refractivity contribution is -0.140. The Morgan fingerprint density at radius 2 is 2.08 bits per heavy atom. The van der Waals surface area contributed by atoms with E-state index in [9.17, 15) is 13.2 Å². The number of hydrogen-bond acceptors (Lipinski definition) is 3. The maximum atomic E-state index is 12.6. The lowest BCUT2D eigenvalue weighted by atomic mass is 10.1. The van der Waals surface area contributed by atoms with E-state index < -0.39 is 11.9 Å². The van der Waals surface area contributed by atoms with Gasteiger partial charge in [-0.05, 0) is 18.9 Å². The predicted molar refractivity (Wildman–Crippen MR) is 97.5 cm³/mol. The molecule has 1 fully saturated rings. The fraction of sp³-hybridized carbons (Fsp3) is 0.444. The van der Waals surface area contributed by atoms with Gasteiger partial charge in [0.1, 0.15) is 0 Å². The van der Waals surface area contributed by atoms with E-state index in [0.29, 0.717) is 35.9 Å². The first-order valence-corrected chi connectivity index (χ1v) is 9.46. The van der Waals surface area contributed by atoms with Gasteiger partial charge in [0.2, 0.25) is 0 Å². The molecule has 2 unspecified atom stereocenters. The molecule has 8 heteroatoms. The summed E-state index contributed by atoms with van der Waals surface area (Å²) < 4.78 is 37.7. The molecule has 2 atom stereocenters. The maximum absolute atomic E-state index is 12.6. The van der Waals surface area contributed by atoms with Crippen LogP contribution in [0.5, 0.6) is 0 Å². The average molecular weight is 382 g/mol. The minimum Gasteiger partial charge on any atom is -0.357 e. The maximum Gasteiger partial charge on any atom is 0.434 e. The molecule has 1 saturated carbocycles. The second-order valence-corrected chi connectivity index (χ2v) is 7.08. The number of thiazole rings is 1. The van der Waals surface area contributed by atoms with Gasteiger partial charge in [0.15, 0.2) is 11.7 Å². The molecule has 2 N–H and O–H groups in total. The van der Waals surface area contributed by atoms with Gasteiger partial charge in [-0.3, -0.25) is 4.99 Å². The van der Waals surface area contributed by atoms with Crippen molar-refractivity contribution in [3.05, 3.63) is 52.0 Å². The first-order valence-electron chi connectivity index (χ1n) is 8.58. The number of guanidine groups is 1. The van der Waals surface area contributed by atoms with Gasteiger partial charge in [0, 0.05) is 36.9 Å². The molecule has 1 aliphatic carbocycles. The Bertz CT molecular complexity index is 742. The topological polar surface area (TPSA) is 49.3 Å². The molecule has 0 aliphatic heterocycles. The fourth-order valence-corrected chi connectivity index (χ4v) is 3.53. The standard InChI is InChI=1S/C18H21F3N4S/c1-2-22-17(24-14-10-13(14)12-6-4-3-5-7-12)23-9-8-16-25-15(11-26-16)18(19,20)21/h3-7,11,13-14H,2,8-10H2,1H3,(H2,22,23,24). The van der Waals surface area contributed by atoms with E-state index in [2.05, 4.69) is 32.7 Å². The van der Waals surface area contributed by atoms with Gasteiger partial charge in [0.25, 0.3) is 0 Å². The van der Waals surface area contributed by atoms with Crippen LogP contribution >= 0.6 is 11.3 Å². The number of halogens is 3. The van der Waals surface area contributed by atoms with Gasteiger partial charge in [-0.2, -0.15) is 13.2 Å². The summed E-state index contributed by atoms with van der Waals surface area (Å²) in [4.78, 5) is 8.10. The van der Waals surface area contributed by atoms with Gasteiger partial charge >= 0.3 is 6.18 Å². The van der Waals surface area contributed by atoms with E-state index >= 15 is 0 Å². The molecule has 0 bridgehead atoms. The summed E-state index contributed by atoms with van der Waals surface area (Å²) in [6.45, 7) is 3.10. The number of aliphatic imine (C=N–C) groups is 1. The summed E-state index contributed by atoms with van der Waals surface area (Å²) in [5.41, 5.74) is 0.485. The van der Waals surface area contributed by atoms with Crippen LogP contribution in [0.1, 0.15) is 35.5 Å². The zero-order valence-corrected chi connectivity index (χ0v) is 15.2. The Morgan fingerprint density at radius 1 is 1.31 bits per heavy atom. The minimum absolute atomic E-state index is 0.340. The first kappa shape index (κ1) is 18.7. The van der Waals surface area contributed by atoms with E-state index in [4.69, 9.17) is 0 Å². The van der Waals surface area contributed by atoms with E-state index in [0.717, 1.165) is 29.7 Å². The van der Waals surface area contributed by atoms with Crippen molar-refractivity contribution >= 4 is 17.3 Å². The SMILES string of the molecule is CCNC(=NCCc1nc(C(F)(F)F)cs1)NC1CC1c1ccccc1. The second kappa shape index (κ2) is 8.07. The predicted octanol–water partition coefficient (Wildman–Crippen LogP) is 3.82. The molecular formula is C18H21F3N4S. The molecule has 0 saturated heterocycles. The van der Waals surface area contributed by atoms with Crippen LogP contribution in [-0.2, 0) is 12.6 Å². The molecule has 4 nitrogen and oxygen atoms in total. The highest BCUT2D eigenvalue weighted by Gasteiger charge is 2.38. The van der Waals surface area contributed by atoms with Gasteiger partial charge < -0.3 is 10.6 Å². The van der Waals surface area contributed by atoms with Gasteiger partial charge in [-0.15, -0.1) is 11.3 Å². The molecule has 0 radical (unpaired) electrons. The molecule has 1 aromatic heterocycles. The van der Waals surface area contributed by atoms with Crippen LogP contribution in [0, 0.1) is 0 Å². The van der Waals surface area contributed by atoms with E-state index in [1.807, 2.05) is 25.1 Å². The Hall–Kier alpha value is -2.09. The summed E-state index contributed by atoms with van der Waals surface area (Å²) in [7, 11) is 0. The number of rotatable bonds is 6. The van der Waals surface area contributed by atoms with Crippen molar-refractivity contribution in [2.75, 3.05) is 13.1 Å². The Kier molecular flexibility index (Phi) is 5.80. The number of nitrogens with zero attached hydrogens (tertiary/aromatic N) is 2. The van der Waals surface area contributed by atoms with Crippen molar-refractivity contribution in [3.8, 4) is 0 Å². The molecule has 1 heterocycles. The highest BCUT2D eigenvalue weighted by Crippen LogP contribution is 2.40. The zero-order chi connectivity index (χ0) is 18.6. The van der Waals surface area contributed by atoms with Crippen molar-refractivity contribution < 1.29 is 13.2 Å². The summed E-state index contributed by atoms with van der Waals surface area (Å²) in [5.74, 6) is 1.18. The lowest BCUT2D eigenvalue weighted by Gasteiger charge is -2.11. The highest BCUT2D eigenvalue weighted by molar-refractivity contribution is 7.09. The van der Waals surface area contributed by atoms with Gasteiger partial charge in [0.05, 0.1) is 5.01 Å². The van der Waals surface area contributed by atoms with Crippen molar-refractivity contribution in [3.63, 3.8) is 0 Å². The molecule has 1 aliphatic rings. The molecule has 2 aromatic rings. The van der Waals surface area contributed by atoms with Crippen molar-refractivity contribution in [1.29, 1.82) is 0 Å². The molecule has 0 amide bonds. The highest BCUT2D eigenvalue weighted by atomic mass is 32.1. The van der Waals surface area contributed by atoms with Gasteiger partial charge in [-0.1, -0.05) is 30.3 Å². The number of hydrogen-bond donors (Lipinski definition) is 2. The largest absolute Gasteiger partial charge is 0.434 e.